The molecule has 0 unspecified atom stereocenters. The molecule has 0 fully saturated rings. The molecule has 0 bridgehead atoms. The van der Waals surface area contributed by atoms with Crippen LogP contribution in [0, 0.1) is 11.6 Å². The van der Waals surface area contributed by atoms with E-state index in [1.165, 1.54) is 31.4 Å². The molecule has 0 aliphatic heterocycles. The number of amides is 3. The van der Waals surface area contributed by atoms with Crippen molar-refractivity contribution in [3.63, 3.8) is 0 Å². The number of benzene rings is 3. The monoisotopic (exact) mass is 497 g/mol. The molecule has 0 aliphatic carbocycles. The van der Waals surface area contributed by atoms with Crippen LogP contribution < -0.4 is 20.7 Å². The van der Waals surface area contributed by atoms with E-state index in [4.69, 9.17) is 9.47 Å². The predicted molar refractivity (Wildman–Crippen MR) is 126 cm³/mol. The van der Waals surface area contributed by atoms with Crippen LogP contribution in [-0.4, -0.2) is 44.0 Å². The second-order valence-electron chi connectivity index (χ2n) is 7.25. The lowest BCUT2D eigenvalue weighted by Crippen LogP contribution is -2.32. The zero-order valence-electron chi connectivity index (χ0n) is 19.0. The lowest BCUT2D eigenvalue weighted by molar-refractivity contribution is -0.146. The fraction of sp³-hybridized carbons (Fsp3) is 0.120. The number of nitrogens with one attached hydrogen (secondary N) is 3. The Kier molecular flexibility index (Phi) is 8.65. The van der Waals surface area contributed by atoms with E-state index in [1.807, 2.05) is 0 Å². The molecule has 3 amide bonds. The van der Waals surface area contributed by atoms with Crippen molar-refractivity contribution >= 4 is 35.1 Å². The van der Waals surface area contributed by atoms with Gasteiger partial charge in [-0.2, -0.15) is 0 Å². The van der Waals surface area contributed by atoms with Gasteiger partial charge in [-0.3, -0.25) is 19.2 Å². The van der Waals surface area contributed by atoms with Gasteiger partial charge in [0.05, 0.1) is 18.4 Å². The van der Waals surface area contributed by atoms with Crippen molar-refractivity contribution in [2.45, 2.75) is 0 Å². The second-order valence-corrected chi connectivity index (χ2v) is 7.25. The average Bonchev–Trinajstić information content (AvgIpc) is 2.86. The van der Waals surface area contributed by atoms with Crippen LogP contribution in [0.5, 0.6) is 5.75 Å². The summed E-state index contributed by atoms with van der Waals surface area (Å²) in [5.41, 5.74) is 0.744. The molecule has 0 saturated heterocycles. The summed E-state index contributed by atoms with van der Waals surface area (Å²) in [6.07, 6.45) is 0. The van der Waals surface area contributed by atoms with Gasteiger partial charge >= 0.3 is 5.97 Å². The van der Waals surface area contributed by atoms with E-state index in [2.05, 4.69) is 16.0 Å². The molecular formula is C25H21F2N3O6. The molecule has 3 N–H and O–H groups in total. The average molecular weight is 497 g/mol. The Morgan fingerprint density at radius 1 is 0.861 bits per heavy atom. The second kappa shape index (κ2) is 12.1. The molecular weight excluding hydrogens is 476 g/mol. The Hall–Kier alpha value is -4.80. The maximum absolute atomic E-state index is 13.6. The number of carbonyl (C=O) groups excluding carboxylic acids is 4. The Morgan fingerprint density at radius 2 is 1.58 bits per heavy atom. The van der Waals surface area contributed by atoms with E-state index < -0.39 is 48.1 Å². The van der Waals surface area contributed by atoms with Crippen LogP contribution in [0.4, 0.5) is 20.2 Å². The largest absolute Gasteiger partial charge is 0.495 e. The van der Waals surface area contributed by atoms with Gasteiger partial charge in [0.2, 0.25) is 0 Å². The highest BCUT2D eigenvalue weighted by Crippen LogP contribution is 2.23. The lowest BCUT2D eigenvalue weighted by atomic mass is 10.2. The summed E-state index contributed by atoms with van der Waals surface area (Å²) in [6.45, 7) is -1.27. The summed E-state index contributed by atoms with van der Waals surface area (Å²) >= 11 is 0. The molecule has 11 heteroatoms. The first kappa shape index (κ1) is 25.8. The number of ether oxygens (including phenoxy) is 2. The Morgan fingerprint density at radius 3 is 2.28 bits per heavy atom. The molecule has 9 nitrogen and oxygen atoms in total. The van der Waals surface area contributed by atoms with E-state index in [0.717, 1.165) is 12.1 Å². The van der Waals surface area contributed by atoms with E-state index >= 15 is 0 Å². The number of hydrogen-bond donors (Lipinski definition) is 3. The molecule has 186 valence electrons. The standard InChI is InChI=1S/C25H21F2N3O6/c1-35-21-5-3-2-4-20(21)30-24(33)15-6-9-17(10-7-15)29-22(31)14-36-23(32)13-28-25(34)18-11-8-16(26)12-19(18)27/h2-12H,13-14H2,1H3,(H,28,34)(H,29,31)(H,30,33). The van der Waals surface area contributed by atoms with Crippen molar-refractivity contribution in [2.24, 2.45) is 0 Å². The highest BCUT2D eigenvalue weighted by molar-refractivity contribution is 6.05. The molecule has 3 rings (SSSR count). The van der Waals surface area contributed by atoms with Crippen LogP contribution in [-0.2, 0) is 14.3 Å². The third kappa shape index (κ3) is 7.10. The number of carbonyl (C=O) groups is 4. The minimum Gasteiger partial charge on any atom is -0.495 e. The Labute approximate surface area is 204 Å². The van der Waals surface area contributed by atoms with E-state index in [-0.39, 0.29) is 5.91 Å². The van der Waals surface area contributed by atoms with Crippen molar-refractivity contribution in [3.05, 3.63) is 89.5 Å². The van der Waals surface area contributed by atoms with Crippen LogP contribution in [0.2, 0.25) is 0 Å². The van der Waals surface area contributed by atoms with E-state index in [9.17, 15) is 28.0 Å². The zero-order chi connectivity index (χ0) is 26.1. The van der Waals surface area contributed by atoms with E-state index in [1.54, 1.807) is 24.3 Å². The van der Waals surface area contributed by atoms with Crippen molar-refractivity contribution in [2.75, 3.05) is 30.9 Å². The van der Waals surface area contributed by atoms with Gasteiger partial charge in [0, 0.05) is 17.3 Å². The van der Waals surface area contributed by atoms with Crippen LogP contribution in [0.3, 0.4) is 0 Å². The number of anilines is 2. The lowest BCUT2D eigenvalue weighted by Gasteiger charge is -2.10. The molecule has 3 aromatic carbocycles. The molecule has 0 spiro atoms. The smallest absolute Gasteiger partial charge is 0.325 e. The highest BCUT2D eigenvalue weighted by Gasteiger charge is 2.15. The van der Waals surface area contributed by atoms with Crippen LogP contribution in [0.25, 0.3) is 0 Å². The van der Waals surface area contributed by atoms with Crippen molar-refractivity contribution in [1.29, 1.82) is 0 Å². The number of esters is 1. The molecule has 0 heterocycles. The van der Waals surface area contributed by atoms with Crippen LogP contribution in [0.15, 0.2) is 66.7 Å². The Balaban J connectivity index is 1.43. The van der Waals surface area contributed by atoms with Crippen LogP contribution in [0.1, 0.15) is 20.7 Å². The molecule has 0 saturated carbocycles. The summed E-state index contributed by atoms with van der Waals surface area (Å²) in [6, 6.07) is 15.3. The highest BCUT2D eigenvalue weighted by atomic mass is 19.1. The van der Waals surface area contributed by atoms with Gasteiger partial charge in [-0.25, -0.2) is 8.78 Å². The maximum atomic E-state index is 13.6. The van der Waals surface area contributed by atoms with Gasteiger partial charge in [0.15, 0.2) is 6.61 Å². The quantitative estimate of drug-likeness (QED) is 0.391. The molecule has 0 aromatic heterocycles. The first-order valence-electron chi connectivity index (χ1n) is 10.5. The van der Waals surface area contributed by atoms with Gasteiger partial charge in [0.1, 0.15) is 23.9 Å². The fourth-order valence-corrected chi connectivity index (χ4v) is 2.96. The SMILES string of the molecule is COc1ccccc1NC(=O)c1ccc(NC(=O)COC(=O)CNC(=O)c2ccc(F)cc2F)cc1. The molecule has 36 heavy (non-hydrogen) atoms. The van der Waals surface area contributed by atoms with Crippen molar-refractivity contribution in [1.82, 2.24) is 5.32 Å². The number of para-hydroxylation sites is 2. The molecule has 0 atom stereocenters. The normalized spacial score (nSPS) is 10.2. The molecule has 0 radical (unpaired) electrons. The zero-order valence-corrected chi connectivity index (χ0v) is 19.0. The van der Waals surface area contributed by atoms with Gasteiger partial charge in [-0.05, 0) is 48.5 Å². The van der Waals surface area contributed by atoms with Gasteiger partial charge in [0.25, 0.3) is 17.7 Å². The summed E-state index contributed by atoms with van der Waals surface area (Å²) in [5, 5.41) is 7.35. The summed E-state index contributed by atoms with van der Waals surface area (Å²) in [5.74, 6) is -4.34. The predicted octanol–water partition coefficient (Wildman–Crippen LogP) is 3.14. The first-order valence-corrected chi connectivity index (χ1v) is 10.5. The fourth-order valence-electron chi connectivity index (χ4n) is 2.96. The number of methoxy groups -OCH3 is 1. The third-order valence-electron chi connectivity index (χ3n) is 4.72. The maximum Gasteiger partial charge on any atom is 0.325 e. The van der Waals surface area contributed by atoms with Gasteiger partial charge in [-0.1, -0.05) is 12.1 Å². The Bertz CT molecular complexity index is 1280. The topological polar surface area (TPSA) is 123 Å². The van der Waals surface area contributed by atoms with Crippen molar-refractivity contribution < 1.29 is 37.4 Å². The van der Waals surface area contributed by atoms with Gasteiger partial charge in [-0.15, -0.1) is 0 Å². The van der Waals surface area contributed by atoms with Crippen LogP contribution >= 0.6 is 0 Å². The molecule has 3 aromatic rings. The van der Waals surface area contributed by atoms with E-state index in [0.29, 0.717) is 28.8 Å². The number of hydrogen-bond acceptors (Lipinski definition) is 6. The minimum atomic E-state index is -1.08. The number of halogens is 2. The van der Waals surface area contributed by atoms with Crippen molar-refractivity contribution in [3.8, 4) is 5.75 Å². The third-order valence-corrected chi connectivity index (χ3v) is 4.72. The summed E-state index contributed by atoms with van der Waals surface area (Å²) in [4.78, 5) is 48.1. The van der Waals surface area contributed by atoms with Gasteiger partial charge < -0.3 is 25.4 Å². The summed E-state index contributed by atoms with van der Waals surface area (Å²) in [7, 11) is 1.49. The molecule has 0 aliphatic rings. The number of rotatable bonds is 9. The summed E-state index contributed by atoms with van der Waals surface area (Å²) < 4.78 is 36.5. The first-order chi connectivity index (χ1) is 17.3. The minimum absolute atomic E-state index is 0.332.